The molecule has 4 nitrogen and oxygen atoms in total. The fourth-order valence-electron chi connectivity index (χ4n) is 1.51. The molecule has 0 aliphatic heterocycles. The van der Waals surface area contributed by atoms with Crippen LogP contribution in [-0.4, -0.2) is 19.3 Å². The van der Waals surface area contributed by atoms with Gasteiger partial charge in [-0.15, -0.1) is 6.20 Å². The Hall–Kier alpha value is -0.957. The van der Waals surface area contributed by atoms with Crippen molar-refractivity contribution >= 4 is 0 Å². The van der Waals surface area contributed by atoms with E-state index in [-0.39, 0.29) is 19.5 Å². The molecule has 0 aromatic carbocycles. The number of nitrogens with zero attached hydrogens (tertiary/aromatic N) is 4. The van der Waals surface area contributed by atoms with Gasteiger partial charge in [-0.3, -0.25) is 0 Å². The van der Waals surface area contributed by atoms with Gasteiger partial charge in [0.15, 0.2) is 0 Å². The molecular formula is C11H15N4Rh-. The number of rotatable bonds is 3. The van der Waals surface area contributed by atoms with Gasteiger partial charge in [-0.05, 0) is 25.4 Å². The molecule has 5 heteroatoms. The molecule has 0 N–H and O–H groups in total. The Balaban J connectivity index is 0.00000128. The van der Waals surface area contributed by atoms with Crippen molar-refractivity contribution in [3.05, 3.63) is 30.0 Å². The molecule has 2 aromatic rings. The predicted molar refractivity (Wildman–Crippen MR) is 57.9 cm³/mol. The van der Waals surface area contributed by atoms with Crippen molar-refractivity contribution in [1.82, 2.24) is 19.3 Å². The smallest absolute Gasteiger partial charge is 0.0628 e. The minimum atomic E-state index is 0. The van der Waals surface area contributed by atoms with Crippen LogP contribution in [0.1, 0.15) is 24.9 Å². The second-order valence-corrected chi connectivity index (χ2v) is 3.66. The maximum absolute atomic E-state index is 4.47. The zero-order chi connectivity index (χ0) is 10.8. The second-order valence-electron chi connectivity index (χ2n) is 3.66. The van der Waals surface area contributed by atoms with Gasteiger partial charge in [-0.1, -0.05) is 20.3 Å². The van der Waals surface area contributed by atoms with E-state index in [1.165, 1.54) is 0 Å². The second kappa shape index (κ2) is 5.40. The van der Waals surface area contributed by atoms with Gasteiger partial charge in [0.2, 0.25) is 0 Å². The zero-order valence-electron chi connectivity index (χ0n) is 9.69. The summed E-state index contributed by atoms with van der Waals surface area (Å²) >= 11 is 0. The third-order valence-corrected chi connectivity index (χ3v) is 2.49. The van der Waals surface area contributed by atoms with Crippen LogP contribution in [0.4, 0.5) is 0 Å². The Bertz CT molecular complexity index is 458. The molecule has 16 heavy (non-hydrogen) atoms. The van der Waals surface area contributed by atoms with Crippen LogP contribution < -0.4 is 0 Å². The van der Waals surface area contributed by atoms with E-state index in [0.29, 0.717) is 0 Å². The van der Waals surface area contributed by atoms with E-state index < -0.39 is 0 Å². The zero-order valence-corrected chi connectivity index (χ0v) is 11.3. The summed E-state index contributed by atoms with van der Waals surface area (Å²) < 4.78 is 3.80. The van der Waals surface area contributed by atoms with Crippen molar-refractivity contribution in [3.63, 3.8) is 0 Å². The Labute approximate surface area is 108 Å². The van der Waals surface area contributed by atoms with Crippen LogP contribution in [0.25, 0.3) is 5.82 Å². The monoisotopic (exact) mass is 306 g/mol. The average Bonchev–Trinajstić information content (AvgIpc) is 2.77. The van der Waals surface area contributed by atoms with Crippen LogP contribution in [0.3, 0.4) is 0 Å². The molecule has 0 saturated carbocycles. The van der Waals surface area contributed by atoms with Gasteiger partial charge in [0, 0.05) is 31.5 Å². The summed E-state index contributed by atoms with van der Waals surface area (Å²) in [6.45, 7) is 4.11. The number of imidazole rings is 1. The van der Waals surface area contributed by atoms with Crippen molar-refractivity contribution in [2.45, 2.75) is 26.7 Å². The van der Waals surface area contributed by atoms with Gasteiger partial charge < -0.3 is 9.55 Å². The van der Waals surface area contributed by atoms with E-state index in [4.69, 9.17) is 0 Å². The normalized spacial score (nSPS) is 10.2. The molecule has 2 rings (SSSR count). The maximum Gasteiger partial charge on any atom is 0.0628 e. The van der Waals surface area contributed by atoms with Gasteiger partial charge in [0.25, 0.3) is 0 Å². The summed E-state index contributed by atoms with van der Waals surface area (Å²) in [5.74, 6) is 1.83. The van der Waals surface area contributed by atoms with E-state index in [0.717, 1.165) is 30.2 Å². The topological polar surface area (TPSA) is 35.6 Å². The minimum Gasteiger partial charge on any atom is -0.437 e. The molecule has 0 saturated heterocycles. The van der Waals surface area contributed by atoms with Crippen molar-refractivity contribution in [2.75, 3.05) is 0 Å². The van der Waals surface area contributed by atoms with Crippen molar-refractivity contribution < 1.29 is 19.5 Å². The molecule has 0 fully saturated rings. The van der Waals surface area contributed by atoms with Crippen LogP contribution in [0.2, 0.25) is 0 Å². The Morgan fingerprint density at radius 3 is 2.75 bits per heavy atom. The van der Waals surface area contributed by atoms with Gasteiger partial charge in [-0.2, -0.15) is 5.10 Å². The standard InChI is InChI=1S/C11H15N4.Rh/c1-4-5-10-6-7-15(13-10)11-8-12-9(2)14(11)3;/h6-7H,4-5H2,1-3H3;/q-1;. The molecule has 0 amide bonds. The molecule has 0 spiro atoms. The van der Waals surface area contributed by atoms with E-state index in [2.05, 4.69) is 23.2 Å². The molecule has 1 radical (unpaired) electrons. The van der Waals surface area contributed by atoms with Gasteiger partial charge in [0.1, 0.15) is 0 Å². The summed E-state index contributed by atoms with van der Waals surface area (Å²) in [4.78, 5) is 4.12. The van der Waals surface area contributed by atoms with E-state index in [1.807, 2.05) is 35.5 Å². The maximum atomic E-state index is 4.47. The SMILES string of the molecule is CCCc1ccn(-c2[c-]nc(C)n2C)n1.[Rh]. The van der Waals surface area contributed by atoms with Crippen LogP contribution in [-0.2, 0) is 32.9 Å². The Kier molecular flexibility index (Phi) is 4.42. The summed E-state index contributed by atoms with van der Waals surface area (Å²) in [7, 11) is 1.97. The first-order valence-electron chi connectivity index (χ1n) is 5.18. The molecule has 0 unspecified atom stereocenters. The molecule has 2 aromatic heterocycles. The molecule has 0 aliphatic carbocycles. The third kappa shape index (κ3) is 2.41. The van der Waals surface area contributed by atoms with Crippen LogP contribution >= 0.6 is 0 Å². The summed E-state index contributed by atoms with van der Waals surface area (Å²) in [5, 5.41) is 4.47. The Morgan fingerprint density at radius 1 is 1.44 bits per heavy atom. The molecule has 0 bridgehead atoms. The number of aryl methyl sites for hydroxylation is 2. The summed E-state index contributed by atoms with van der Waals surface area (Å²) in [6.07, 6.45) is 7.05. The molecule has 89 valence electrons. The van der Waals surface area contributed by atoms with E-state index in [9.17, 15) is 0 Å². The van der Waals surface area contributed by atoms with Crippen LogP contribution in [0, 0.1) is 13.1 Å². The van der Waals surface area contributed by atoms with Crippen molar-refractivity contribution in [3.8, 4) is 5.82 Å². The molecule has 0 aliphatic rings. The van der Waals surface area contributed by atoms with Crippen LogP contribution in [0.15, 0.2) is 12.3 Å². The number of hydrogen-bond acceptors (Lipinski definition) is 2. The average molecular weight is 306 g/mol. The largest absolute Gasteiger partial charge is 0.437 e. The summed E-state index contributed by atoms with van der Waals surface area (Å²) in [5.41, 5.74) is 1.12. The first kappa shape index (κ1) is 13.1. The predicted octanol–water partition coefficient (Wildman–Crippen LogP) is 1.66. The quantitative estimate of drug-likeness (QED) is 0.639. The van der Waals surface area contributed by atoms with Crippen molar-refractivity contribution in [2.24, 2.45) is 7.05 Å². The molecule has 0 atom stereocenters. The fourth-order valence-corrected chi connectivity index (χ4v) is 1.51. The fraction of sp³-hybridized carbons (Fsp3) is 0.455. The van der Waals surface area contributed by atoms with Gasteiger partial charge >= 0.3 is 0 Å². The first-order chi connectivity index (χ1) is 7.22. The number of aromatic nitrogens is 4. The van der Waals surface area contributed by atoms with Crippen LogP contribution in [0.5, 0.6) is 0 Å². The van der Waals surface area contributed by atoms with E-state index in [1.54, 1.807) is 0 Å². The molecular weight excluding hydrogens is 291 g/mol. The number of hydrogen-bond donors (Lipinski definition) is 0. The van der Waals surface area contributed by atoms with E-state index >= 15 is 0 Å². The first-order valence-corrected chi connectivity index (χ1v) is 5.18. The summed E-state index contributed by atoms with van der Waals surface area (Å²) in [6, 6.07) is 2.04. The van der Waals surface area contributed by atoms with Gasteiger partial charge in [-0.25, -0.2) is 4.68 Å². The molecule has 2 heterocycles. The van der Waals surface area contributed by atoms with Gasteiger partial charge in [0.05, 0.1) is 5.69 Å². The van der Waals surface area contributed by atoms with Crippen molar-refractivity contribution in [1.29, 1.82) is 0 Å². The minimum absolute atomic E-state index is 0. The Morgan fingerprint density at radius 2 is 2.19 bits per heavy atom. The third-order valence-electron chi connectivity index (χ3n) is 2.49.